The van der Waals surface area contributed by atoms with Crippen LogP contribution in [0.5, 0.6) is 0 Å². The van der Waals surface area contributed by atoms with Crippen LogP contribution in [0.1, 0.15) is 0 Å². The minimum Gasteiger partial charge on any atom is -0.331 e. The van der Waals surface area contributed by atoms with E-state index in [0.29, 0.717) is 0 Å². The van der Waals surface area contributed by atoms with Gasteiger partial charge < -0.3 is 4.57 Å². The predicted molar refractivity (Wildman–Crippen MR) is 45.9 cm³/mol. The third-order valence-electron chi connectivity index (χ3n) is 1.20. The highest BCUT2D eigenvalue weighted by atomic mass is 16.6. The zero-order chi connectivity index (χ0) is 8.81. The number of rotatable bonds is 3. The molecule has 1 aromatic rings. The van der Waals surface area contributed by atoms with Gasteiger partial charge in [-0.05, 0) is 18.2 Å². The van der Waals surface area contributed by atoms with Crippen molar-refractivity contribution in [2.24, 2.45) is 0 Å². The monoisotopic (exact) mass is 164 g/mol. The van der Waals surface area contributed by atoms with Gasteiger partial charge >= 0.3 is 0 Å². The van der Waals surface area contributed by atoms with Gasteiger partial charge in [-0.15, -0.1) is 0 Å². The molecule has 0 fully saturated rings. The van der Waals surface area contributed by atoms with Crippen LogP contribution in [0.3, 0.4) is 0 Å². The lowest BCUT2D eigenvalue weighted by molar-refractivity contribution is -0.402. The lowest BCUT2D eigenvalue weighted by Gasteiger charge is -1.86. The molecule has 0 aromatic carbocycles. The first-order valence-corrected chi connectivity index (χ1v) is 3.40. The van der Waals surface area contributed by atoms with Gasteiger partial charge in [-0.25, -0.2) is 0 Å². The van der Waals surface area contributed by atoms with Gasteiger partial charge in [0.05, 0.1) is 4.92 Å². The topological polar surface area (TPSA) is 48.1 Å². The summed E-state index contributed by atoms with van der Waals surface area (Å²) in [4.78, 5) is 9.34. The summed E-state index contributed by atoms with van der Waals surface area (Å²) in [6, 6.07) is 3.75. The summed E-state index contributed by atoms with van der Waals surface area (Å²) in [6.07, 6.45) is 9.27. The van der Waals surface area contributed by atoms with Crippen LogP contribution in [0.25, 0.3) is 6.20 Å². The van der Waals surface area contributed by atoms with Gasteiger partial charge in [0, 0.05) is 24.7 Å². The van der Waals surface area contributed by atoms with E-state index >= 15 is 0 Å². The van der Waals surface area contributed by atoms with Crippen LogP contribution < -0.4 is 0 Å². The Balaban J connectivity index is 2.47. The van der Waals surface area contributed by atoms with Crippen molar-refractivity contribution in [3.63, 3.8) is 0 Å². The molecule has 1 rings (SSSR count). The van der Waals surface area contributed by atoms with Gasteiger partial charge in [0.25, 0.3) is 0 Å². The maximum atomic E-state index is 9.84. The first-order chi connectivity index (χ1) is 5.79. The summed E-state index contributed by atoms with van der Waals surface area (Å²) in [5.74, 6) is 0. The Morgan fingerprint density at radius 3 is 2.50 bits per heavy atom. The zero-order valence-corrected chi connectivity index (χ0v) is 6.33. The molecule has 0 N–H and O–H groups in total. The van der Waals surface area contributed by atoms with Crippen molar-refractivity contribution >= 4 is 6.20 Å². The molecule has 1 aromatic heterocycles. The smallest absolute Gasteiger partial charge is 0.234 e. The molecule has 0 atom stereocenters. The van der Waals surface area contributed by atoms with Crippen LogP contribution in [0, 0.1) is 10.1 Å². The summed E-state index contributed by atoms with van der Waals surface area (Å²) in [6.45, 7) is 0. The van der Waals surface area contributed by atoms with Crippen LogP contribution in [0.15, 0.2) is 42.9 Å². The van der Waals surface area contributed by atoms with Crippen molar-refractivity contribution in [2.45, 2.75) is 0 Å². The van der Waals surface area contributed by atoms with Crippen LogP contribution >= 0.6 is 0 Å². The summed E-state index contributed by atoms with van der Waals surface area (Å²) < 4.78 is 1.80. The van der Waals surface area contributed by atoms with E-state index in [0.717, 1.165) is 6.20 Å². The number of nitrogens with zero attached hydrogens (tertiary/aromatic N) is 2. The van der Waals surface area contributed by atoms with Crippen molar-refractivity contribution in [3.8, 4) is 0 Å². The van der Waals surface area contributed by atoms with Gasteiger partial charge in [0.15, 0.2) is 0 Å². The van der Waals surface area contributed by atoms with E-state index in [1.165, 1.54) is 6.08 Å². The molecular weight excluding hydrogens is 156 g/mol. The molecule has 12 heavy (non-hydrogen) atoms. The fourth-order valence-electron chi connectivity index (χ4n) is 0.716. The molecular formula is C8H8N2O2. The Labute approximate surface area is 69.6 Å². The summed E-state index contributed by atoms with van der Waals surface area (Å²) in [5, 5.41) is 9.84. The normalized spacial score (nSPS) is 11.3. The van der Waals surface area contributed by atoms with E-state index in [1.807, 2.05) is 24.5 Å². The number of hydrogen-bond donors (Lipinski definition) is 0. The number of nitro groups is 1. The molecule has 0 radical (unpaired) electrons. The molecule has 0 amide bonds. The van der Waals surface area contributed by atoms with Crippen molar-refractivity contribution in [2.75, 3.05) is 0 Å². The SMILES string of the molecule is O=[N+]([O-])/C=C/C=C/n1cccc1. The van der Waals surface area contributed by atoms with E-state index in [9.17, 15) is 10.1 Å². The summed E-state index contributed by atoms with van der Waals surface area (Å²) in [7, 11) is 0. The zero-order valence-electron chi connectivity index (χ0n) is 6.33. The Hall–Kier alpha value is -1.84. The highest BCUT2D eigenvalue weighted by molar-refractivity contribution is 5.27. The van der Waals surface area contributed by atoms with E-state index in [1.54, 1.807) is 16.8 Å². The van der Waals surface area contributed by atoms with Gasteiger partial charge in [-0.2, -0.15) is 0 Å². The van der Waals surface area contributed by atoms with Crippen LogP contribution in [0.4, 0.5) is 0 Å². The molecule has 0 saturated heterocycles. The molecule has 4 nitrogen and oxygen atoms in total. The molecule has 1 heterocycles. The van der Waals surface area contributed by atoms with E-state index < -0.39 is 4.92 Å². The molecule has 0 bridgehead atoms. The predicted octanol–water partition coefficient (Wildman–Crippen LogP) is 1.75. The van der Waals surface area contributed by atoms with E-state index in [2.05, 4.69) is 0 Å². The van der Waals surface area contributed by atoms with Crippen LogP contribution in [0.2, 0.25) is 0 Å². The Morgan fingerprint density at radius 2 is 1.92 bits per heavy atom. The third kappa shape index (κ3) is 2.83. The highest BCUT2D eigenvalue weighted by Crippen LogP contribution is 1.90. The van der Waals surface area contributed by atoms with Crippen molar-refractivity contribution < 1.29 is 4.92 Å². The molecule has 0 aliphatic heterocycles. The van der Waals surface area contributed by atoms with Crippen LogP contribution in [-0.2, 0) is 0 Å². The standard InChI is InChI=1S/C8H8N2O2/c11-10(12)8-4-3-7-9-5-1-2-6-9/h1-8H/b7-3+,8-4+. The first kappa shape index (κ1) is 8.26. The lowest BCUT2D eigenvalue weighted by atomic mass is 10.6. The minimum absolute atomic E-state index is 0.500. The molecule has 4 heteroatoms. The van der Waals surface area contributed by atoms with Gasteiger partial charge in [-0.3, -0.25) is 10.1 Å². The third-order valence-corrected chi connectivity index (χ3v) is 1.20. The minimum atomic E-state index is -0.500. The van der Waals surface area contributed by atoms with Crippen molar-refractivity contribution in [1.29, 1.82) is 0 Å². The van der Waals surface area contributed by atoms with Gasteiger partial charge in [0.1, 0.15) is 0 Å². The second-order valence-corrected chi connectivity index (χ2v) is 2.10. The Morgan fingerprint density at radius 1 is 1.25 bits per heavy atom. The number of aromatic nitrogens is 1. The largest absolute Gasteiger partial charge is 0.331 e. The molecule has 0 spiro atoms. The second kappa shape index (κ2) is 4.12. The Bertz CT molecular complexity index is 299. The first-order valence-electron chi connectivity index (χ1n) is 3.40. The van der Waals surface area contributed by atoms with Crippen molar-refractivity contribution in [1.82, 2.24) is 4.57 Å². The fourth-order valence-corrected chi connectivity index (χ4v) is 0.716. The van der Waals surface area contributed by atoms with E-state index in [-0.39, 0.29) is 0 Å². The average molecular weight is 164 g/mol. The number of allylic oxidation sites excluding steroid dienone is 2. The molecule has 0 aliphatic rings. The maximum Gasteiger partial charge on any atom is 0.234 e. The number of hydrogen-bond acceptors (Lipinski definition) is 2. The maximum absolute atomic E-state index is 9.84. The van der Waals surface area contributed by atoms with Gasteiger partial charge in [0.2, 0.25) is 6.20 Å². The quantitative estimate of drug-likeness (QED) is 0.388. The summed E-state index contributed by atoms with van der Waals surface area (Å²) in [5.41, 5.74) is 0. The average Bonchev–Trinajstić information content (AvgIpc) is 2.49. The van der Waals surface area contributed by atoms with Gasteiger partial charge in [-0.1, -0.05) is 0 Å². The molecule has 0 unspecified atom stereocenters. The Kier molecular flexibility index (Phi) is 2.84. The lowest BCUT2D eigenvalue weighted by Crippen LogP contribution is -1.81. The fraction of sp³-hybridized carbons (Fsp3) is 0. The summed E-state index contributed by atoms with van der Waals surface area (Å²) >= 11 is 0. The van der Waals surface area contributed by atoms with Crippen LogP contribution in [-0.4, -0.2) is 9.49 Å². The second-order valence-electron chi connectivity index (χ2n) is 2.10. The molecule has 62 valence electrons. The van der Waals surface area contributed by atoms with Crippen molar-refractivity contribution in [3.05, 3.63) is 53.0 Å². The highest BCUT2D eigenvalue weighted by Gasteiger charge is 1.80. The molecule has 0 aliphatic carbocycles. The molecule has 0 saturated carbocycles. The van der Waals surface area contributed by atoms with E-state index in [4.69, 9.17) is 0 Å².